The number of carbonyl (C=O) groups is 3. The fourth-order valence-electron chi connectivity index (χ4n) is 1.91. The van der Waals surface area contributed by atoms with Gasteiger partial charge in [-0.1, -0.05) is 0 Å². The van der Waals surface area contributed by atoms with Crippen molar-refractivity contribution in [1.29, 1.82) is 0 Å². The molecular formula is C12H19N3O3. The molecule has 0 spiro atoms. The summed E-state index contributed by atoms with van der Waals surface area (Å²) in [7, 11) is 0. The van der Waals surface area contributed by atoms with Gasteiger partial charge in [-0.05, 0) is 26.2 Å². The molecule has 3 amide bonds. The van der Waals surface area contributed by atoms with Gasteiger partial charge in [-0.3, -0.25) is 14.4 Å². The summed E-state index contributed by atoms with van der Waals surface area (Å²) in [5.41, 5.74) is 0. The van der Waals surface area contributed by atoms with Crippen LogP contribution in [0.1, 0.15) is 32.6 Å². The van der Waals surface area contributed by atoms with Crippen LogP contribution in [0.25, 0.3) is 0 Å². The van der Waals surface area contributed by atoms with Gasteiger partial charge in [0, 0.05) is 19.0 Å². The Morgan fingerprint density at radius 3 is 2.61 bits per heavy atom. The SMILES string of the molecule is CC(NC(=O)C1CCC(=O)NC1)C(=O)NC1CC1. The van der Waals surface area contributed by atoms with Gasteiger partial charge in [0.15, 0.2) is 0 Å². The molecule has 1 aliphatic heterocycles. The largest absolute Gasteiger partial charge is 0.355 e. The second kappa shape index (κ2) is 5.37. The zero-order chi connectivity index (χ0) is 13.1. The van der Waals surface area contributed by atoms with Gasteiger partial charge < -0.3 is 16.0 Å². The van der Waals surface area contributed by atoms with Crippen molar-refractivity contribution >= 4 is 17.7 Å². The Hall–Kier alpha value is -1.59. The van der Waals surface area contributed by atoms with Crippen molar-refractivity contribution in [2.75, 3.05) is 6.54 Å². The average molecular weight is 253 g/mol. The van der Waals surface area contributed by atoms with Crippen molar-refractivity contribution in [2.45, 2.75) is 44.7 Å². The Morgan fingerprint density at radius 2 is 2.06 bits per heavy atom. The van der Waals surface area contributed by atoms with E-state index in [0.717, 1.165) is 12.8 Å². The van der Waals surface area contributed by atoms with E-state index >= 15 is 0 Å². The van der Waals surface area contributed by atoms with Crippen molar-refractivity contribution in [3.05, 3.63) is 0 Å². The fourth-order valence-corrected chi connectivity index (χ4v) is 1.91. The van der Waals surface area contributed by atoms with Gasteiger partial charge in [-0.2, -0.15) is 0 Å². The van der Waals surface area contributed by atoms with E-state index in [4.69, 9.17) is 0 Å². The molecule has 2 rings (SSSR count). The maximum absolute atomic E-state index is 11.9. The van der Waals surface area contributed by atoms with Crippen LogP contribution in [0.15, 0.2) is 0 Å². The third-order valence-electron chi connectivity index (χ3n) is 3.31. The normalized spacial score (nSPS) is 24.9. The first-order valence-corrected chi connectivity index (χ1v) is 6.43. The Kier molecular flexibility index (Phi) is 3.84. The number of nitrogens with one attached hydrogen (secondary N) is 3. The maximum atomic E-state index is 11.9. The maximum Gasteiger partial charge on any atom is 0.242 e. The number of hydrogen-bond donors (Lipinski definition) is 3. The second-order valence-electron chi connectivity index (χ2n) is 5.05. The number of amides is 3. The highest BCUT2D eigenvalue weighted by atomic mass is 16.2. The van der Waals surface area contributed by atoms with Crippen molar-refractivity contribution in [3.8, 4) is 0 Å². The molecule has 6 nitrogen and oxygen atoms in total. The third kappa shape index (κ3) is 3.45. The Bertz CT molecular complexity index is 356. The highest BCUT2D eigenvalue weighted by Gasteiger charge is 2.29. The van der Waals surface area contributed by atoms with Crippen LogP contribution in [0.5, 0.6) is 0 Å². The van der Waals surface area contributed by atoms with E-state index in [2.05, 4.69) is 16.0 Å². The Balaban J connectivity index is 1.75. The highest BCUT2D eigenvalue weighted by molar-refractivity contribution is 5.89. The zero-order valence-corrected chi connectivity index (χ0v) is 10.5. The monoisotopic (exact) mass is 253 g/mol. The van der Waals surface area contributed by atoms with Crippen LogP contribution in [-0.4, -0.2) is 36.3 Å². The molecule has 0 bridgehead atoms. The molecule has 3 N–H and O–H groups in total. The molecular weight excluding hydrogens is 234 g/mol. The van der Waals surface area contributed by atoms with Crippen LogP contribution < -0.4 is 16.0 Å². The van der Waals surface area contributed by atoms with E-state index in [0.29, 0.717) is 25.4 Å². The van der Waals surface area contributed by atoms with E-state index in [1.807, 2.05) is 0 Å². The van der Waals surface area contributed by atoms with Crippen molar-refractivity contribution < 1.29 is 14.4 Å². The minimum Gasteiger partial charge on any atom is -0.355 e. The van der Waals surface area contributed by atoms with E-state index in [1.54, 1.807) is 6.92 Å². The predicted molar refractivity (Wildman–Crippen MR) is 64.5 cm³/mol. The lowest BCUT2D eigenvalue weighted by Crippen LogP contribution is -2.50. The van der Waals surface area contributed by atoms with Gasteiger partial charge in [-0.25, -0.2) is 0 Å². The molecule has 1 saturated heterocycles. The zero-order valence-electron chi connectivity index (χ0n) is 10.5. The number of hydrogen-bond acceptors (Lipinski definition) is 3. The van der Waals surface area contributed by atoms with Crippen LogP contribution in [0.2, 0.25) is 0 Å². The van der Waals surface area contributed by atoms with Crippen LogP contribution in [0.3, 0.4) is 0 Å². The predicted octanol–water partition coefficient (Wildman–Crippen LogP) is -0.704. The molecule has 2 aliphatic rings. The standard InChI is InChI=1S/C12H19N3O3/c1-7(11(17)15-9-3-4-9)14-12(18)8-2-5-10(16)13-6-8/h7-9H,2-6H2,1H3,(H,13,16)(H,14,18)(H,15,17). The van der Waals surface area contributed by atoms with Gasteiger partial charge in [0.25, 0.3) is 0 Å². The lowest BCUT2D eigenvalue weighted by atomic mass is 9.98. The quantitative estimate of drug-likeness (QED) is 0.619. The lowest BCUT2D eigenvalue weighted by Gasteiger charge is -2.23. The number of piperidine rings is 1. The summed E-state index contributed by atoms with van der Waals surface area (Å²) in [6, 6.07) is -0.221. The molecule has 1 saturated carbocycles. The summed E-state index contributed by atoms with van der Waals surface area (Å²) < 4.78 is 0. The first kappa shape index (κ1) is 12.9. The molecule has 0 aromatic carbocycles. The topological polar surface area (TPSA) is 87.3 Å². The Labute approximate surface area is 106 Å². The van der Waals surface area contributed by atoms with Crippen LogP contribution in [0.4, 0.5) is 0 Å². The third-order valence-corrected chi connectivity index (χ3v) is 3.31. The molecule has 18 heavy (non-hydrogen) atoms. The highest BCUT2D eigenvalue weighted by Crippen LogP contribution is 2.18. The van der Waals surface area contributed by atoms with Crippen LogP contribution in [-0.2, 0) is 14.4 Å². The van der Waals surface area contributed by atoms with E-state index in [-0.39, 0.29) is 23.6 Å². The fraction of sp³-hybridized carbons (Fsp3) is 0.750. The van der Waals surface area contributed by atoms with Crippen LogP contribution >= 0.6 is 0 Å². The summed E-state index contributed by atoms with van der Waals surface area (Å²) >= 11 is 0. The summed E-state index contributed by atoms with van der Waals surface area (Å²) in [6.07, 6.45) is 2.98. The van der Waals surface area contributed by atoms with Gasteiger partial charge in [0.05, 0.1) is 5.92 Å². The van der Waals surface area contributed by atoms with Gasteiger partial charge in [0.2, 0.25) is 17.7 Å². The molecule has 2 atom stereocenters. The summed E-state index contributed by atoms with van der Waals surface area (Å²) in [4.78, 5) is 34.5. The smallest absolute Gasteiger partial charge is 0.242 e. The average Bonchev–Trinajstić information content (AvgIpc) is 3.13. The van der Waals surface area contributed by atoms with E-state index in [1.165, 1.54) is 0 Å². The lowest BCUT2D eigenvalue weighted by molar-refractivity contribution is -0.132. The molecule has 2 fully saturated rings. The van der Waals surface area contributed by atoms with Crippen molar-refractivity contribution in [2.24, 2.45) is 5.92 Å². The second-order valence-corrected chi connectivity index (χ2v) is 5.05. The summed E-state index contributed by atoms with van der Waals surface area (Å²) in [5.74, 6) is -0.531. The first-order valence-electron chi connectivity index (χ1n) is 6.43. The molecule has 1 heterocycles. The molecule has 0 radical (unpaired) electrons. The molecule has 0 aromatic rings. The van der Waals surface area contributed by atoms with Crippen LogP contribution in [0, 0.1) is 5.92 Å². The van der Waals surface area contributed by atoms with Gasteiger partial charge in [-0.15, -0.1) is 0 Å². The molecule has 100 valence electrons. The molecule has 6 heteroatoms. The van der Waals surface area contributed by atoms with Crippen molar-refractivity contribution in [3.63, 3.8) is 0 Å². The van der Waals surface area contributed by atoms with E-state index in [9.17, 15) is 14.4 Å². The molecule has 1 aliphatic carbocycles. The van der Waals surface area contributed by atoms with E-state index < -0.39 is 6.04 Å². The first-order chi connectivity index (χ1) is 8.56. The summed E-state index contributed by atoms with van der Waals surface area (Å²) in [5, 5.41) is 8.20. The minimum atomic E-state index is -0.518. The summed E-state index contributed by atoms with van der Waals surface area (Å²) in [6.45, 7) is 2.04. The number of carbonyl (C=O) groups excluding carboxylic acids is 3. The number of rotatable bonds is 4. The van der Waals surface area contributed by atoms with Crippen molar-refractivity contribution in [1.82, 2.24) is 16.0 Å². The Morgan fingerprint density at radius 1 is 1.33 bits per heavy atom. The minimum absolute atomic E-state index is 0.0152. The van der Waals surface area contributed by atoms with Gasteiger partial charge >= 0.3 is 0 Å². The molecule has 0 aromatic heterocycles. The van der Waals surface area contributed by atoms with Gasteiger partial charge in [0.1, 0.15) is 6.04 Å². The molecule has 2 unspecified atom stereocenters.